The second-order valence-electron chi connectivity index (χ2n) is 6.93. The zero-order valence-electron chi connectivity index (χ0n) is 16.0. The smallest absolute Gasteiger partial charge is 0.265 e. The fraction of sp³-hybridized carbons (Fsp3) is 0.190. The van der Waals surface area contributed by atoms with Gasteiger partial charge in [-0.25, -0.2) is 4.39 Å². The zero-order valence-corrected chi connectivity index (χ0v) is 16.8. The number of hydrogen-bond acceptors (Lipinski definition) is 3. The molecule has 0 radical (unpaired) electrons. The molecule has 3 rings (SSSR count). The van der Waals surface area contributed by atoms with Gasteiger partial charge in [0, 0.05) is 30.1 Å². The molecule has 0 N–H and O–H groups in total. The summed E-state index contributed by atoms with van der Waals surface area (Å²) in [6.07, 6.45) is -1.00. The quantitative estimate of drug-likeness (QED) is 0.405. The van der Waals surface area contributed by atoms with Crippen LogP contribution in [0.3, 0.4) is 0 Å². The van der Waals surface area contributed by atoms with Crippen molar-refractivity contribution in [3.05, 3.63) is 84.4 Å². The van der Waals surface area contributed by atoms with E-state index in [4.69, 9.17) is 0 Å². The van der Waals surface area contributed by atoms with Gasteiger partial charge in [-0.3, -0.25) is 4.98 Å². The van der Waals surface area contributed by atoms with Crippen LogP contribution in [0.2, 0.25) is 0 Å². The van der Waals surface area contributed by atoms with Gasteiger partial charge in [0.25, 0.3) is 10.0 Å². The Hall–Kier alpha value is -2.78. The maximum absolute atomic E-state index is 14.9. The van der Waals surface area contributed by atoms with E-state index in [-0.39, 0.29) is 11.3 Å². The summed E-state index contributed by atoms with van der Waals surface area (Å²) in [6, 6.07) is 14.5. The highest BCUT2D eigenvalue weighted by Gasteiger charge is 2.50. The van der Waals surface area contributed by atoms with E-state index in [1.54, 1.807) is 24.3 Å². The number of hydrogen-bond donors (Lipinski definition) is 0. The van der Waals surface area contributed by atoms with Gasteiger partial charge in [-0.2, -0.15) is 25.5 Å². The number of benzene rings is 2. The molecule has 0 saturated carbocycles. The molecule has 9 heteroatoms. The molecule has 1 atom stereocenters. The molecule has 3 aromatic rings. The molecule has 0 amide bonds. The maximum Gasteiger partial charge on any atom is 0.439 e. The summed E-state index contributed by atoms with van der Waals surface area (Å²) < 4.78 is 79.2. The summed E-state index contributed by atoms with van der Waals surface area (Å²) in [7, 11) is -4.35. The van der Waals surface area contributed by atoms with Gasteiger partial charge in [0.05, 0.1) is 6.26 Å². The summed E-state index contributed by atoms with van der Waals surface area (Å²) in [4.78, 5) is 3.88. The molecule has 4 nitrogen and oxygen atoms in total. The van der Waals surface area contributed by atoms with E-state index in [9.17, 15) is 26.0 Å². The average Bonchev–Trinajstić information content (AvgIpc) is 2.68. The molecule has 0 bridgehead atoms. The number of pyridine rings is 1. The SMILES string of the molecule is CS(=O)(=O)[N+](Cc1ccc(-c2ccncc2)cc1F)(CC(F)(F)F)c1ccccc1. The van der Waals surface area contributed by atoms with E-state index in [2.05, 4.69) is 4.98 Å². The number of para-hydroxylation sites is 1. The topological polar surface area (TPSA) is 47.0 Å². The summed E-state index contributed by atoms with van der Waals surface area (Å²) in [5.74, 6) is -0.784. The van der Waals surface area contributed by atoms with Crippen LogP contribution in [-0.2, 0) is 16.6 Å². The van der Waals surface area contributed by atoms with Crippen LogP contribution < -0.4 is 3.89 Å². The summed E-state index contributed by atoms with van der Waals surface area (Å²) in [5, 5.41) is 0. The number of nitrogens with zero attached hydrogens (tertiary/aromatic N) is 2. The minimum Gasteiger partial charge on any atom is -0.265 e. The molecule has 0 spiro atoms. The van der Waals surface area contributed by atoms with Crippen LogP contribution in [0.25, 0.3) is 11.1 Å². The van der Waals surface area contributed by atoms with Gasteiger partial charge in [0.15, 0.2) is 6.54 Å². The Labute approximate surface area is 172 Å². The molecular weight excluding hydrogens is 420 g/mol. The van der Waals surface area contributed by atoms with Crippen molar-refractivity contribution in [2.45, 2.75) is 12.7 Å². The number of halogens is 4. The standard InChI is InChI=1S/C21H19F4N2O2S/c1-30(28,29)27(15-21(23,24)25,19-5-3-2-4-6-19)14-18-8-7-17(13-20(18)22)16-9-11-26-12-10-16/h2-13H,14-15H2,1H3/q+1. The highest BCUT2D eigenvalue weighted by Crippen LogP contribution is 2.35. The first kappa shape index (κ1) is 21.9. The van der Waals surface area contributed by atoms with Crippen LogP contribution in [0.1, 0.15) is 5.56 Å². The molecule has 0 fully saturated rings. The van der Waals surface area contributed by atoms with Crippen molar-refractivity contribution in [3.8, 4) is 11.1 Å². The van der Waals surface area contributed by atoms with E-state index >= 15 is 0 Å². The van der Waals surface area contributed by atoms with Crippen molar-refractivity contribution in [2.24, 2.45) is 0 Å². The Morgan fingerprint density at radius 2 is 1.57 bits per heavy atom. The van der Waals surface area contributed by atoms with E-state index in [1.807, 2.05) is 0 Å². The second-order valence-corrected chi connectivity index (χ2v) is 9.10. The highest BCUT2D eigenvalue weighted by molar-refractivity contribution is 7.90. The molecule has 0 saturated heterocycles. The van der Waals surface area contributed by atoms with Gasteiger partial charge in [-0.1, -0.05) is 24.3 Å². The molecule has 1 aromatic heterocycles. The number of aromatic nitrogens is 1. The van der Waals surface area contributed by atoms with Crippen molar-refractivity contribution in [1.82, 2.24) is 8.87 Å². The van der Waals surface area contributed by atoms with E-state index in [0.717, 1.165) is 6.26 Å². The minimum atomic E-state index is -4.80. The predicted molar refractivity (Wildman–Crippen MR) is 107 cm³/mol. The van der Waals surface area contributed by atoms with Crippen molar-refractivity contribution in [3.63, 3.8) is 0 Å². The van der Waals surface area contributed by atoms with Crippen LogP contribution in [-0.4, -0.2) is 32.4 Å². The normalized spacial score (nSPS) is 14.3. The molecule has 0 aliphatic rings. The Morgan fingerprint density at radius 1 is 0.933 bits per heavy atom. The number of sulfonamides is 1. The number of alkyl halides is 3. The van der Waals surface area contributed by atoms with E-state index < -0.39 is 39.0 Å². The van der Waals surface area contributed by atoms with Crippen LogP contribution >= 0.6 is 0 Å². The monoisotopic (exact) mass is 439 g/mol. The third-order valence-electron chi connectivity index (χ3n) is 4.79. The Balaban J connectivity index is 2.12. The van der Waals surface area contributed by atoms with Crippen molar-refractivity contribution < 1.29 is 26.0 Å². The van der Waals surface area contributed by atoms with Crippen LogP contribution in [0.5, 0.6) is 0 Å². The molecule has 158 valence electrons. The molecular formula is C21H19F4N2O2S+. The van der Waals surface area contributed by atoms with Gasteiger partial charge >= 0.3 is 6.18 Å². The Kier molecular flexibility index (Phi) is 5.96. The molecule has 1 unspecified atom stereocenters. The number of quaternary nitrogens is 1. The Morgan fingerprint density at radius 3 is 2.10 bits per heavy atom. The Bertz CT molecular complexity index is 1120. The van der Waals surface area contributed by atoms with Gasteiger partial charge in [-0.05, 0) is 35.4 Å². The van der Waals surface area contributed by atoms with Crippen molar-refractivity contribution in [2.75, 3.05) is 12.8 Å². The van der Waals surface area contributed by atoms with Gasteiger partial charge in [-0.15, -0.1) is 0 Å². The molecule has 30 heavy (non-hydrogen) atoms. The minimum absolute atomic E-state index is 0.0880. The molecule has 0 aliphatic carbocycles. The van der Waals surface area contributed by atoms with Crippen LogP contribution in [0, 0.1) is 5.82 Å². The molecule has 1 heterocycles. The van der Waals surface area contributed by atoms with Gasteiger partial charge < -0.3 is 0 Å². The fourth-order valence-corrected chi connectivity index (χ4v) is 4.59. The lowest BCUT2D eigenvalue weighted by Gasteiger charge is -2.36. The van der Waals surface area contributed by atoms with Crippen LogP contribution in [0.15, 0.2) is 73.1 Å². The molecule has 2 aromatic carbocycles. The van der Waals surface area contributed by atoms with Crippen LogP contribution in [0.4, 0.5) is 23.2 Å². The highest BCUT2D eigenvalue weighted by atomic mass is 32.2. The maximum atomic E-state index is 14.9. The third-order valence-corrected chi connectivity index (χ3v) is 6.53. The number of rotatable bonds is 6. The average molecular weight is 439 g/mol. The van der Waals surface area contributed by atoms with Crippen molar-refractivity contribution in [1.29, 1.82) is 0 Å². The lowest BCUT2D eigenvalue weighted by atomic mass is 10.0. The van der Waals surface area contributed by atoms with Crippen molar-refractivity contribution >= 4 is 15.7 Å². The fourth-order valence-electron chi connectivity index (χ4n) is 3.33. The summed E-state index contributed by atoms with van der Waals surface area (Å²) >= 11 is 0. The first-order chi connectivity index (χ1) is 14.0. The summed E-state index contributed by atoms with van der Waals surface area (Å²) in [5.41, 5.74) is 0.963. The first-order valence-electron chi connectivity index (χ1n) is 8.90. The molecule has 0 aliphatic heterocycles. The van der Waals surface area contributed by atoms with E-state index in [1.165, 1.54) is 48.8 Å². The largest absolute Gasteiger partial charge is 0.439 e. The lowest BCUT2D eigenvalue weighted by molar-refractivity contribution is -0.135. The van der Waals surface area contributed by atoms with Gasteiger partial charge in [0.2, 0.25) is 0 Å². The second kappa shape index (κ2) is 8.16. The lowest BCUT2D eigenvalue weighted by Crippen LogP contribution is -2.57. The van der Waals surface area contributed by atoms with E-state index in [0.29, 0.717) is 11.1 Å². The zero-order chi connectivity index (χ0) is 22.0. The predicted octanol–water partition coefficient (Wildman–Crippen LogP) is 4.92. The first-order valence-corrected chi connectivity index (χ1v) is 10.8. The third kappa shape index (κ3) is 4.68. The summed E-state index contributed by atoms with van der Waals surface area (Å²) in [6.45, 7) is -2.38. The van der Waals surface area contributed by atoms with Gasteiger partial charge in [0.1, 0.15) is 18.0 Å².